The quantitative estimate of drug-likeness (QED) is 0.670. The number of hydrogen-bond donors (Lipinski definition) is 2. The summed E-state index contributed by atoms with van der Waals surface area (Å²) in [7, 11) is 1.67. The van der Waals surface area contributed by atoms with E-state index in [0.717, 1.165) is 22.6 Å². The Kier molecular flexibility index (Phi) is 5.04. The third-order valence-electron chi connectivity index (χ3n) is 3.36. The zero-order chi connectivity index (χ0) is 16.1. The lowest BCUT2D eigenvalue weighted by Crippen LogP contribution is -2.22. The van der Waals surface area contributed by atoms with Crippen LogP contribution in [0.4, 0.5) is 5.69 Å². The number of aliphatic imine (C=N–C) groups is 1. The Morgan fingerprint density at radius 1 is 1.05 bits per heavy atom. The highest BCUT2D eigenvalue weighted by molar-refractivity contribution is 5.92. The van der Waals surface area contributed by atoms with E-state index in [1.54, 1.807) is 7.11 Å². The molecule has 0 amide bonds. The monoisotopic (exact) mass is 297 g/mol. The fourth-order valence-electron chi connectivity index (χ4n) is 2.39. The molecule has 0 aliphatic carbocycles. The number of aryl methyl sites for hydroxylation is 3. The van der Waals surface area contributed by atoms with Crippen LogP contribution >= 0.6 is 0 Å². The predicted octanol–water partition coefficient (Wildman–Crippen LogP) is 3.55. The summed E-state index contributed by atoms with van der Waals surface area (Å²) < 4.78 is 5.38. The number of benzene rings is 2. The predicted molar refractivity (Wildman–Crippen MR) is 92.6 cm³/mol. The van der Waals surface area contributed by atoms with Gasteiger partial charge in [0.15, 0.2) is 5.96 Å². The maximum Gasteiger partial charge on any atom is 0.193 e. The van der Waals surface area contributed by atoms with E-state index in [9.17, 15) is 0 Å². The maximum atomic E-state index is 5.97. The van der Waals surface area contributed by atoms with Crippen LogP contribution in [0.25, 0.3) is 0 Å². The number of nitrogens with two attached hydrogens (primary N) is 1. The van der Waals surface area contributed by atoms with E-state index >= 15 is 0 Å². The highest BCUT2D eigenvalue weighted by atomic mass is 16.5. The van der Waals surface area contributed by atoms with E-state index in [1.165, 1.54) is 11.1 Å². The third-order valence-corrected chi connectivity index (χ3v) is 3.36. The van der Waals surface area contributed by atoms with Crippen molar-refractivity contribution in [3.63, 3.8) is 0 Å². The molecule has 0 bridgehead atoms. The Balaban J connectivity index is 2.09. The molecular formula is C18H23N3O. The van der Waals surface area contributed by atoms with Crippen LogP contribution in [-0.2, 0) is 6.54 Å². The van der Waals surface area contributed by atoms with E-state index in [-0.39, 0.29) is 0 Å². The third kappa shape index (κ3) is 4.25. The molecule has 2 aromatic carbocycles. The summed E-state index contributed by atoms with van der Waals surface area (Å²) in [6.07, 6.45) is 0. The van der Waals surface area contributed by atoms with E-state index in [4.69, 9.17) is 10.5 Å². The molecule has 0 fully saturated rings. The van der Waals surface area contributed by atoms with Gasteiger partial charge in [0.2, 0.25) is 0 Å². The molecule has 0 atom stereocenters. The average molecular weight is 297 g/mol. The van der Waals surface area contributed by atoms with Crippen LogP contribution < -0.4 is 15.8 Å². The number of nitrogens with zero attached hydrogens (tertiary/aromatic N) is 1. The number of methoxy groups -OCH3 is 1. The molecular weight excluding hydrogens is 274 g/mol. The Morgan fingerprint density at radius 3 is 2.36 bits per heavy atom. The maximum absolute atomic E-state index is 5.97. The van der Waals surface area contributed by atoms with Gasteiger partial charge < -0.3 is 15.8 Å². The summed E-state index contributed by atoms with van der Waals surface area (Å²) in [5.41, 5.74) is 11.5. The first kappa shape index (κ1) is 15.9. The summed E-state index contributed by atoms with van der Waals surface area (Å²) >= 11 is 0. The first-order valence-electron chi connectivity index (χ1n) is 7.26. The molecule has 0 heterocycles. The molecule has 3 N–H and O–H groups in total. The second kappa shape index (κ2) is 6.98. The molecule has 0 saturated carbocycles. The van der Waals surface area contributed by atoms with Gasteiger partial charge in [-0.3, -0.25) is 0 Å². The lowest BCUT2D eigenvalue weighted by Gasteiger charge is -2.10. The molecule has 0 saturated heterocycles. The van der Waals surface area contributed by atoms with Gasteiger partial charge in [-0.25, -0.2) is 4.99 Å². The zero-order valence-corrected chi connectivity index (χ0v) is 13.6. The minimum Gasteiger partial charge on any atom is -0.496 e. The van der Waals surface area contributed by atoms with Crippen molar-refractivity contribution in [1.29, 1.82) is 0 Å². The van der Waals surface area contributed by atoms with Crippen molar-refractivity contribution < 1.29 is 4.74 Å². The molecule has 116 valence electrons. The van der Waals surface area contributed by atoms with Gasteiger partial charge in [0.25, 0.3) is 0 Å². The molecule has 0 aliphatic heterocycles. The van der Waals surface area contributed by atoms with Gasteiger partial charge in [-0.05, 0) is 55.7 Å². The minimum atomic E-state index is 0.396. The van der Waals surface area contributed by atoms with Crippen LogP contribution in [0.5, 0.6) is 5.75 Å². The normalized spacial score (nSPS) is 11.4. The second-order valence-electron chi connectivity index (χ2n) is 5.52. The molecule has 0 radical (unpaired) electrons. The van der Waals surface area contributed by atoms with Crippen molar-refractivity contribution in [3.8, 4) is 5.75 Å². The Morgan fingerprint density at radius 2 is 1.73 bits per heavy atom. The number of guanidine groups is 1. The van der Waals surface area contributed by atoms with Gasteiger partial charge in [0.05, 0.1) is 13.7 Å². The van der Waals surface area contributed by atoms with Crippen molar-refractivity contribution in [2.24, 2.45) is 10.7 Å². The lowest BCUT2D eigenvalue weighted by atomic mass is 10.1. The number of nitrogens with one attached hydrogen (secondary N) is 1. The SMILES string of the molecule is COc1cc(C)ccc1CN=C(N)Nc1cc(C)cc(C)c1. The Labute approximate surface area is 132 Å². The van der Waals surface area contributed by atoms with Crippen molar-refractivity contribution >= 4 is 11.6 Å². The summed E-state index contributed by atoms with van der Waals surface area (Å²) in [4.78, 5) is 4.39. The van der Waals surface area contributed by atoms with Gasteiger partial charge in [0.1, 0.15) is 5.75 Å². The smallest absolute Gasteiger partial charge is 0.193 e. The number of rotatable bonds is 4. The van der Waals surface area contributed by atoms with Gasteiger partial charge in [-0.2, -0.15) is 0 Å². The van der Waals surface area contributed by atoms with Crippen LogP contribution in [0.15, 0.2) is 41.4 Å². The Bertz CT molecular complexity index is 672. The largest absolute Gasteiger partial charge is 0.496 e. The summed E-state index contributed by atoms with van der Waals surface area (Å²) in [5, 5.41) is 3.13. The molecule has 0 spiro atoms. The number of hydrogen-bond acceptors (Lipinski definition) is 2. The van der Waals surface area contributed by atoms with Gasteiger partial charge in [0, 0.05) is 11.3 Å². The fraction of sp³-hybridized carbons (Fsp3) is 0.278. The Hall–Kier alpha value is -2.49. The topological polar surface area (TPSA) is 59.6 Å². The fourth-order valence-corrected chi connectivity index (χ4v) is 2.39. The summed E-state index contributed by atoms with van der Waals surface area (Å²) in [5.74, 6) is 1.23. The van der Waals surface area contributed by atoms with E-state index < -0.39 is 0 Å². The van der Waals surface area contributed by atoms with E-state index in [1.807, 2.05) is 37.3 Å². The zero-order valence-electron chi connectivity index (χ0n) is 13.6. The molecule has 0 aromatic heterocycles. The van der Waals surface area contributed by atoms with Crippen molar-refractivity contribution in [3.05, 3.63) is 58.7 Å². The van der Waals surface area contributed by atoms with Crippen LogP contribution in [0.1, 0.15) is 22.3 Å². The highest BCUT2D eigenvalue weighted by Crippen LogP contribution is 2.20. The molecule has 22 heavy (non-hydrogen) atoms. The minimum absolute atomic E-state index is 0.396. The summed E-state index contributed by atoms with van der Waals surface area (Å²) in [6, 6.07) is 12.3. The van der Waals surface area contributed by atoms with Crippen LogP contribution in [-0.4, -0.2) is 13.1 Å². The van der Waals surface area contributed by atoms with Crippen molar-refractivity contribution in [1.82, 2.24) is 0 Å². The summed E-state index contributed by atoms with van der Waals surface area (Å²) in [6.45, 7) is 6.63. The first-order chi connectivity index (χ1) is 10.5. The van der Waals surface area contributed by atoms with Crippen LogP contribution in [0.2, 0.25) is 0 Å². The van der Waals surface area contributed by atoms with Gasteiger partial charge in [-0.1, -0.05) is 18.2 Å². The molecule has 2 aromatic rings. The average Bonchev–Trinajstić information content (AvgIpc) is 2.44. The number of ether oxygens (including phenoxy) is 1. The molecule has 0 unspecified atom stereocenters. The first-order valence-corrected chi connectivity index (χ1v) is 7.26. The molecule has 2 rings (SSSR count). The molecule has 4 heteroatoms. The molecule has 0 aliphatic rings. The molecule has 4 nitrogen and oxygen atoms in total. The van der Waals surface area contributed by atoms with E-state index in [2.05, 4.69) is 30.2 Å². The van der Waals surface area contributed by atoms with Crippen molar-refractivity contribution in [2.45, 2.75) is 27.3 Å². The second-order valence-corrected chi connectivity index (χ2v) is 5.52. The standard InChI is InChI=1S/C18H23N3O/c1-12-5-6-15(17(10-12)22-4)11-20-18(19)21-16-8-13(2)7-14(3)9-16/h5-10H,11H2,1-4H3,(H3,19,20,21). The van der Waals surface area contributed by atoms with Crippen LogP contribution in [0, 0.1) is 20.8 Å². The lowest BCUT2D eigenvalue weighted by molar-refractivity contribution is 0.409. The number of anilines is 1. The van der Waals surface area contributed by atoms with Gasteiger partial charge in [-0.15, -0.1) is 0 Å². The van der Waals surface area contributed by atoms with Crippen LogP contribution in [0.3, 0.4) is 0 Å². The van der Waals surface area contributed by atoms with Crippen molar-refractivity contribution in [2.75, 3.05) is 12.4 Å². The van der Waals surface area contributed by atoms with Gasteiger partial charge >= 0.3 is 0 Å². The highest BCUT2D eigenvalue weighted by Gasteiger charge is 2.03. The van der Waals surface area contributed by atoms with E-state index in [0.29, 0.717) is 12.5 Å².